The number of rotatable bonds is 2. The highest BCUT2D eigenvalue weighted by Gasteiger charge is 2.26. The fourth-order valence-electron chi connectivity index (χ4n) is 2.88. The van der Waals surface area contributed by atoms with Gasteiger partial charge in [0.2, 0.25) is 5.89 Å². The lowest BCUT2D eigenvalue weighted by Crippen LogP contribution is -2.29. The summed E-state index contributed by atoms with van der Waals surface area (Å²) in [7, 11) is 2.17. The lowest BCUT2D eigenvalue weighted by molar-refractivity contribution is 0.227. The molecule has 5 nitrogen and oxygen atoms in total. The topological polar surface area (TPSA) is 54.2 Å². The van der Waals surface area contributed by atoms with Gasteiger partial charge in [0.15, 0.2) is 5.82 Å². The molecule has 1 aromatic rings. The van der Waals surface area contributed by atoms with E-state index >= 15 is 0 Å². The summed E-state index contributed by atoms with van der Waals surface area (Å²) in [5.74, 6) is 2.18. The van der Waals surface area contributed by atoms with Gasteiger partial charge in [0.05, 0.1) is 6.04 Å². The minimum atomic E-state index is 0.308. The second-order valence-electron chi connectivity index (χ2n) is 5.57. The molecule has 0 radical (unpaired) electrons. The van der Waals surface area contributed by atoms with Crippen molar-refractivity contribution >= 4 is 0 Å². The van der Waals surface area contributed by atoms with Crippen molar-refractivity contribution in [1.82, 2.24) is 20.4 Å². The van der Waals surface area contributed by atoms with E-state index in [1.807, 2.05) is 0 Å². The molecule has 2 fully saturated rings. The SMILES string of the molecule is CN1CCC(c2nc(C3CCCCN3)no2)CC1. The van der Waals surface area contributed by atoms with E-state index in [0.29, 0.717) is 12.0 Å². The number of likely N-dealkylation sites (tertiary alicyclic amines) is 1. The van der Waals surface area contributed by atoms with Crippen molar-refractivity contribution in [2.24, 2.45) is 0 Å². The molecule has 1 atom stereocenters. The van der Waals surface area contributed by atoms with E-state index < -0.39 is 0 Å². The van der Waals surface area contributed by atoms with Crippen LogP contribution in [0.15, 0.2) is 4.52 Å². The summed E-state index contributed by atoms with van der Waals surface area (Å²) in [6, 6.07) is 0.308. The summed E-state index contributed by atoms with van der Waals surface area (Å²) in [5.41, 5.74) is 0. The molecule has 0 saturated carbocycles. The maximum Gasteiger partial charge on any atom is 0.229 e. The number of nitrogens with one attached hydrogen (secondary N) is 1. The Hall–Kier alpha value is -0.940. The largest absolute Gasteiger partial charge is 0.339 e. The van der Waals surface area contributed by atoms with Crippen LogP contribution in [0.5, 0.6) is 0 Å². The van der Waals surface area contributed by atoms with Gasteiger partial charge in [0, 0.05) is 5.92 Å². The van der Waals surface area contributed by atoms with Gasteiger partial charge in [-0.2, -0.15) is 4.98 Å². The Morgan fingerprint density at radius 2 is 2.06 bits per heavy atom. The lowest BCUT2D eigenvalue weighted by Gasteiger charge is -2.26. The van der Waals surface area contributed by atoms with Gasteiger partial charge in [0.1, 0.15) is 0 Å². The Balaban J connectivity index is 1.65. The quantitative estimate of drug-likeness (QED) is 0.865. The van der Waals surface area contributed by atoms with E-state index in [1.54, 1.807) is 0 Å². The fourth-order valence-corrected chi connectivity index (χ4v) is 2.88. The molecule has 5 heteroatoms. The first-order chi connectivity index (χ1) is 8.83. The third-order valence-electron chi connectivity index (χ3n) is 4.15. The molecule has 1 aromatic heterocycles. The van der Waals surface area contributed by atoms with Gasteiger partial charge in [0.25, 0.3) is 0 Å². The monoisotopic (exact) mass is 250 g/mol. The van der Waals surface area contributed by atoms with Crippen molar-refractivity contribution in [3.63, 3.8) is 0 Å². The lowest BCUT2D eigenvalue weighted by atomic mass is 9.97. The van der Waals surface area contributed by atoms with Crippen molar-refractivity contribution < 1.29 is 4.52 Å². The molecule has 2 saturated heterocycles. The summed E-state index contributed by atoms with van der Waals surface area (Å²) in [4.78, 5) is 6.98. The van der Waals surface area contributed by atoms with Crippen molar-refractivity contribution in [1.29, 1.82) is 0 Å². The third-order valence-corrected chi connectivity index (χ3v) is 4.15. The number of nitrogens with zero attached hydrogens (tertiary/aromatic N) is 3. The van der Waals surface area contributed by atoms with E-state index in [9.17, 15) is 0 Å². The number of aromatic nitrogens is 2. The van der Waals surface area contributed by atoms with Crippen LogP contribution >= 0.6 is 0 Å². The molecular formula is C13H22N4O. The highest BCUT2D eigenvalue weighted by atomic mass is 16.5. The molecule has 0 aromatic carbocycles. The first-order valence-electron chi connectivity index (χ1n) is 7.08. The highest BCUT2D eigenvalue weighted by molar-refractivity contribution is 5.00. The summed E-state index contributed by atoms with van der Waals surface area (Å²) >= 11 is 0. The molecule has 1 N–H and O–H groups in total. The minimum absolute atomic E-state index is 0.308. The Morgan fingerprint density at radius 1 is 1.22 bits per heavy atom. The first-order valence-corrected chi connectivity index (χ1v) is 7.08. The fraction of sp³-hybridized carbons (Fsp3) is 0.846. The van der Waals surface area contributed by atoms with Gasteiger partial charge in [-0.3, -0.25) is 0 Å². The minimum Gasteiger partial charge on any atom is -0.339 e. The predicted octanol–water partition coefficient (Wildman–Crippen LogP) is 1.69. The van der Waals surface area contributed by atoms with E-state index in [4.69, 9.17) is 4.52 Å². The number of piperidine rings is 2. The molecule has 0 aliphatic carbocycles. The standard InChI is InChI=1S/C13H22N4O/c1-17-8-5-10(6-9-17)13-15-12(16-18-13)11-4-2-3-7-14-11/h10-11,14H,2-9H2,1H3. The Bertz CT molecular complexity index is 378. The molecule has 0 spiro atoms. The summed E-state index contributed by atoms with van der Waals surface area (Å²) in [6.45, 7) is 3.33. The summed E-state index contributed by atoms with van der Waals surface area (Å²) in [6.07, 6.45) is 5.92. The smallest absolute Gasteiger partial charge is 0.229 e. The normalized spacial score (nSPS) is 27.5. The van der Waals surface area contributed by atoms with Gasteiger partial charge >= 0.3 is 0 Å². The molecule has 3 rings (SSSR count). The zero-order valence-corrected chi connectivity index (χ0v) is 11.1. The van der Waals surface area contributed by atoms with Gasteiger partial charge in [-0.15, -0.1) is 0 Å². The van der Waals surface area contributed by atoms with Crippen LogP contribution in [-0.2, 0) is 0 Å². The van der Waals surface area contributed by atoms with Crippen molar-refractivity contribution in [2.45, 2.75) is 44.1 Å². The van der Waals surface area contributed by atoms with E-state index in [1.165, 1.54) is 12.8 Å². The summed E-state index contributed by atoms with van der Waals surface area (Å²) in [5, 5.41) is 7.64. The average molecular weight is 250 g/mol. The molecule has 3 heterocycles. The molecule has 2 aliphatic heterocycles. The molecule has 18 heavy (non-hydrogen) atoms. The zero-order valence-electron chi connectivity index (χ0n) is 11.1. The average Bonchev–Trinajstić information content (AvgIpc) is 2.90. The zero-order chi connectivity index (χ0) is 12.4. The third kappa shape index (κ3) is 2.57. The van der Waals surface area contributed by atoms with Gasteiger partial charge in [-0.1, -0.05) is 11.6 Å². The molecule has 0 amide bonds. The van der Waals surface area contributed by atoms with Crippen LogP contribution in [0.2, 0.25) is 0 Å². The van der Waals surface area contributed by atoms with E-state index in [-0.39, 0.29) is 0 Å². The van der Waals surface area contributed by atoms with Crippen LogP contribution in [-0.4, -0.2) is 41.7 Å². The Kier molecular flexibility index (Phi) is 3.61. The van der Waals surface area contributed by atoms with Crippen LogP contribution in [0.1, 0.15) is 55.8 Å². The molecular weight excluding hydrogens is 228 g/mol. The first kappa shape index (κ1) is 12.1. The van der Waals surface area contributed by atoms with Crippen LogP contribution in [0.4, 0.5) is 0 Å². The van der Waals surface area contributed by atoms with Crippen molar-refractivity contribution in [3.05, 3.63) is 11.7 Å². The maximum absolute atomic E-state index is 5.47. The van der Waals surface area contributed by atoms with Crippen molar-refractivity contribution in [3.8, 4) is 0 Å². The summed E-state index contributed by atoms with van der Waals surface area (Å²) < 4.78 is 5.47. The maximum atomic E-state index is 5.47. The number of hydrogen-bond donors (Lipinski definition) is 1. The van der Waals surface area contributed by atoms with E-state index in [2.05, 4.69) is 27.4 Å². The second-order valence-corrected chi connectivity index (χ2v) is 5.57. The van der Waals surface area contributed by atoms with Crippen LogP contribution in [0, 0.1) is 0 Å². The van der Waals surface area contributed by atoms with E-state index in [0.717, 1.165) is 50.6 Å². The molecule has 2 aliphatic rings. The number of hydrogen-bond acceptors (Lipinski definition) is 5. The van der Waals surface area contributed by atoms with Crippen LogP contribution in [0.3, 0.4) is 0 Å². The Morgan fingerprint density at radius 3 is 2.78 bits per heavy atom. The second kappa shape index (κ2) is 5.36. The van der Waals surface area contributed by atoms with Crippen LogP contribution in [0.25, 0.3) is 0 Å². The molecule has 100 valence electrons. The highest BCUT2D eigenvalue weighted by Crippen LogP contribution is 2.28. The van der Waals surface area contributed by atoms with Gasteiger partial charge in [-0.25, -0.2) is 0 Å². The van der Waals surface area contributed by atoms with Crippen molar-refractivity contribution in [2.75, 3.05) is 26.7 Å². The van der Waals surface area contributed by atoms with Gasteiger partial charge in [-0.05, 0) is 52.4 Å². The molecule has 0 bridgehead atoms. The van der Waals surface area contributed by atoms with Crippen LogP contribution < -0.4 is 5.32 Å². The Labute approximate surface area is 108 Å². The van der Waals surface area contributed by atoms with Gasteiger partial charge < -0.3 is 14.7 Å². The predicted molar refractivity (Wildman–Crippen MR) is 68.4 cm³/mol. The molecule has 1 unspecified atom stereocenters.